The van der Waals surface area contributed by atoms with Crippen molar-refractivity contribution >= 4 is 17.6 Å². The molecule has 1 atom stereocenters. The van der Waals surface area contributed by atoms with Crippen molar-refractivity contribution in [2.24, 2.45) is 5.41 Å². The van der Waals surface area contributed by atoms with E-state index in [1.807, 2.05) is 13.0 Å². The monoisotopic (exact) mass is 499 g/mol. The Morgan fingerprint density at radius 1 is 1.00 bits per heavy atom. The van der Waals surface area contributed by atoms with E-state index in [0.29, 0.717) is 5.41 Å². The summed E-state index contributed by atoms with van der Waals surface area (Å²) in [6.45, 7) is 13.9. The fourth-order valence-corrected chi connectivity index (χ4v) is 5.83. The number of pyridine rings is 1. The average molecular weight is 500 g/mol. The maximum atomic E-state index is 12.2. The summed E-state index contributed by atoms with van der Waals surface area (Å²) in [5.41, 5.74) is 8.76. The SMILES string of the molecule is Cc1nc(C)c([C@H](C)C(=O)O)c(N2CCC(C)(C)CC2)c1-c1ccc2c(c1)CCN(c1ncccn1)C2. The molecule has 0 amide bonds. The summed E-state index contributed by atoms with van der Waals surface area (Å²) in [5.74, 6) is -0.681. The van der Waals surface area contributed by atoms with Gasteiger partial charge in [0.05, 0.1) is 11.6 Å². The Hall–Kier alpha value is -3.48. The van der Waals surface area contributed by atoms with Crippen LogP contribution in [0.15, 0.2) is 36.7 Å². The van der Waals surface area contributed by atoms with Crippen LogP contribution in [0.25, 0.3) is 11.1 Å². The summed E-state index contributed by atoms with van der Waals surface area (Å²) in [4.78, 5) is 30.6. The third-order valence-electron chi connectivity index (χ3n) is 8.16. The molecule has 0 saturated carbocycles. The van der Waals surface area contributed by atoms with E-state index in [1.54, 1.807) is 19.3 Å². The molecule has 7 nitrogen and oxygen atoms in total. The number of benzene rings is 1. The molecule has 2 aromatic heterocycles. The Bertz CT molecular complexity index is 1310. The van der Waals surface area contributed by atoms with Crippen LogP contribution in [0, 0.1) is 19.3 Å². The lowest BCUT2D eigenvalue weighted by atomic mass is 9.81. The first-order valence-electron chi connectivity index (χ1n) is 13.3. The number of carbonyl (C=O) groups is 1. The number of carboxylic acid groups (broad SMARTS) is 1. The number of hydrogen-bond donors (Lipinski definition) is 1. The van der Waals surface area contributed by atoms with Crippen molar-refractivity contribution in [3.8, 4) is 11.1 Å². The average Bonchev–Trinajstić information content (AvgIpc) is 2.88. The van der Waals surface area contributed by atoms with E-state index in [0.717, 1.165) is 85.2 Å². The van der Waals surface area contributed by atoms with Crippen molar-refractivity contribution in [2.75, 3.05) is 29.4 Å². The highest BCUT2D eigenvalue weighted by atomic mass is 16.4. The quantitative estimate of drug-likeness (QED) is 0.494. The van der Waals surface area contributed by atoms with Gasteiger partial charge in [0.1, 0.15) is 0 Å². The molecule has 2 aliphatic rings. The van der Waals surface area contributed by atoms with E-state index in [9.17, 15) is 9.90 Å². The number of piperidine rings is 1. The number of fused-ring (bicyclic) bond motifs is 1. The zero-order chi connectivity index (χ0) is 26.3. The summed E-state index contributed by atoms with van der Waals surface area (Å²) in [5, 5.41) is 10.0. The van der Waals surface area contributed by atoms with Gasteiger partial charge in [-0.05, 0) is 68.2 Å². The summed E-state index contributed by atoms with van der Waals surface area (Å²) >= 11 is 0. The highest BCUT2D eigenvalue weighted by Crippen LogP contribution is 2.44. The molecular formula is C30H37N5O2. The molecule has 1 aromatic carbocycles. The second-order valence-corrected chi connectivity index (χ2v) is 11.3. The summed E-state index contributed by atoms with van der Waals surface area (Å²) in [7, 11) is 0. The minimum absolute atomic E-state index is 0.298. The van der Waals surface area contributed by atoms with Crippen LogP contribution in [0.5, 0.6) is 0 Å². The third kappa shape index (κ3) is 4.91. The molecule has 4 heterocycles. The van der Waals surface area contributed by atoms with Crippen LogP contribution in [0.2, 0.25) is 0 Å². The molecule has 1 saturated heterocycles. The van der Waals surface area contributed by atoms with Crippen LogP contribution in [-0.4, -0.2) is 45.7 Å². The lowest BCUT2D eigenvalue weighted by molar-refractivity contribution is -0.138. The van der Waals surface area contributed by atoms with Gasteiger partial charge in [-0.15, -0.1) is 0 Å². The van der Waals surface area contributed by atoms with Gasteiger partial charge in [-0.2, -0.15) is 0 Å². The second-order valence-electron chi connectivity index (χ2n) is 11.3. The molecular weight excluding hydrogens is 462 g/mol. The molecule has 1 fully saturated rings. The fourth-order valence-electron chi connectivity index (χ4n) is 5.83. The van der Waals surface area contributed by atoms with Crippen LogP contribution < -0.4 is 9.80 Å². The van der Waals surface area contributed by atoms with Gasteiger partial charge in [0.2, 0.25) is 5.95 Å². The first kappa shape index (κ1) is 25.2. The molecule has 1 N–H and O–H groups in total. The Labute approximate surface area is 219 Å². The van der Waals surface area contributed by atoms with Crippen molar-refractivity contribution in [3.63, 3.8) is 0 Å². The van der Waals surface area contributed by atoms with Crippen molar-refractivity contribution in [3.05, 3.63) is 64.7 Å². The summed E-state index contributed by atoms with van der Waals surface area (Å²) < 4.78 is 0. The standard InChI is InChI=1S/C30H37N5O2/c1-19(28(36)37)25-20(2)33-21(3)26(27(25)34-15-10-30(4,5)11-16-34)23-7-8-24-18-35(14-9-22(24)17-23)29-31-12-6-13-32-29/h6-8,12-13,17,19H,9-11,14-16,18H2,1-5H3,(H,36,37)/t19-/m0/s1. The molecule has 3 aromatic rings. The van der Waals surface area contributed by atoms with Gasteiger partial charge in [-0.25, -0.2) is 9.97 Å². The molecule has 194 valence electrons. The van der Waals surface area contributed by atoms with Crippen molar-refractivity contribution in [1.82, 2.24) is 15.0 Å². The smallest absolute Gasteiger partial charge is 0.310 e. The van der Waals surface area contributed by atoms with E-state index in [-0.39, 0.29) is 0 Å². The predicted molar refractivity (Wildman–Crippen MR) is 147 cm³/mol. The zero-order valence-corrected chi connectivity index (χ0v) is 22.6. The summed E-state index contributed by atoms with van der Waals surface area (Å²) in [6, 6.07) is 8.53. The van der Waals surface area contributed by atoms with E-state index < -0.39 is 11.9 Å². The van der Waals surface area contributed by atoms with E-state index in [4.69, 9.17) is 4.98 Å². The molecule has 0 spiro atoms. The zero-order valence-electron chi connectivity index (χ0n) is 22.6. The third-order valence-corrected chi connectivity index (χ3v) is 8.16. The number of anilines is 2. The van der Waals surface area contributed by atoms with Crippen LogP contribution in [0.3, 0.4) is 0 Å². The topological polar surface area (TPSA) is 82.5 Å². The van der Waals surface area contributed by atoms with Gasteiger partial charge in [-0.3, -0.25) is 9.78 Å². The molecule has 7 heteroatoms. The van der Waals surface area contributed by atoms with Gasteiger partial charge < -0.3 is 14.9 Å². The van der Waals surface area contributed by atoms with Gasteiger partial charge in [0.25, 0.3) is 0 Å². The van der Waals surface area contributed by atoms with Crippen molar-refractivity contribution in [1.29, 1.82) is 0 Å². The Morgan fingerprint density at radius 2 is 1.70 bits per heavy atom. The number of aromatic nitrogens is 3. The predicted octanol–water partition coefficient (Wildman–Crippen LogP) is 5.53. The number of aliphatic carboxylic acids is 1. The molecule has 0 bridgehead atoms. The first-order chi connectivity index (χ1) is 17.6. The number of nitrogens with zero attached hydrogens (tertiary/aromatic N) is 5. The van der Waals surface area contributed by atoms with Gasteiger partial charge in [0.15, 0.2) is 0 Å². The first-order valence-corrected chi connectivity index (χ1v) is 13.3. The van der Waals surface area contributed by atoms with Crippen LogP contribution in [0.4, 0.5) is 11.6 Å². The molecule has 0 radical (unpaired) electrons. The number of rotatable bonds is 5. The maximum absolute atomic E-state index is 12.2. The molecule has 37 heavy (non-hydrogen) atoms. The second kappa shape index (κ2) is 9.77. The fraction of sp³-hybridized carbons (Fsp3) is 0.467. The Kier molecular flexibility index (Phi) is 6.65. The lowest BCUT2D eigenvalue weighted by Crippen LogP contribution is -2.38. The van der Waals surface area contributed by atoms with Crippen LogP contribution in [0.1, 0.15) is 67.6 Å². The van der Waals surface area contributed by atoms with Crippen LogP contribution >= 0.6 is 0 Å². The van der Waals surface area contributed by atoms with Gasteiger partial charge >= 0.3 is 5.97 Å². The van der Waals surface area contributed by atoms with E-state index in [1.165, 1.54) is 11.1 Å². The Morgan fingerprint density at radius 3 is 2.38 bits per heavy atom. The van der Waals surface area contributed by atoms with E-state index in [2.05, 4.69) is 58.7 Å². The highest BCUT2D eigenvalue weighted by molar-refractivity contribution is 5.88. The highest BCUT2D eigenvalue weighted by Gasteiger charge is 2.32. The van der Waals surface area contributed by atoms with Crippen LogP contribution in [-0.2, 0) is 17.8 Å². The minimum atomic E-state index is -0.813. The number of carboxylic acids is 1. The number of aryl methyl sites for hydroxylation is 2. The minimum Gasteiger partial charge on any atom is -0.481 e. The van der Waals surface area contributed by atoms with Gasteiger partial charge in [0, 0.05) is 61.1 Å². The van der Waals surface area contributed by atoms with Crippen molar-refractivity contribution in [2.45, 2.75) is 66.3 Å². The maximum Gasteiger partial charge on any atom is 0.310 e. The molecule has 5 rings (SSSR count). The Balaban J connectivity index is 1.59. The normalized spacial score (nSPS) is 17.9. The molecule has 0 aliphatic carbocycles. The van der Waals surface area contributed by atoms with Crippen molar-refractivity contribution < 1.29 is 9.90 Å². The van der Waals surface area contributed by atoms with Gasteiger partial charge in [-0.1, -0.05) is 32.0 Å². The number of hydrogen-bond acceptors (Lipinski definition) is 6. The largest absolute Gasteiger partial charge is 0.481 e. The van der Waals surface area contributed by atoms with E-state index >= 15 is 0 Å². The lowest BCUT2D eigenvalue weighted by Gasteiger charge is -2.41. The molecule has 2 aliphatic heterocycles. The molecule has 0 unspecified atom stereocenters. The summed E-state index contributed by atoms with van der Waals surface area (Å²) in [6.07, 6.45) is 6.64.